The molecule has 12 heavy (non-hydrogen) atoms. The van der Waals surface area contributed by atoms with Gasteiger partial charge in [-0.25, -0.2) is 0 Å². The van der Waals surface area contributed by atoms with Crippen molar-refractivity contribution in [2.24, 2.45) is 0 Å². The topological polar surface area (TPSA) is 0 Å². The summed E-state index contributed by atoms with van der Waals surface area (Å²) in [6.07, 6.45) is 2.82. The van der Waals surface area contributed by atoms with Crippen molar-refractivity contribution in [3.05, 3.63) is 0 Å². The van der Waals surface area contributed by atoms with Gasteiger partial charge in [-0.15, -0.1) is 0 Å². The second-order valence-corrected chi connectivity index (χ2v) is 20.9. The molecule has 0 aromatic carbocycles. The predicted octanol–water partition coefficient (Wildman–Crippen LogP) is 4.69. The maximum absolute atomic E-state index is 2.66. The molecule has 0 saturated carbocycles. The van der Waals surface area contributed by atoms with E-state index in [0.717, 1.165) is 7.87 Å². The van der Waals surface area contributed by atoms with Crippen LogP contribution in [-0.2, 0) is 0 Å². The normalized spacial score (nSPS) is 19.2. The Morgan fingerprint density at radius 1 is 1.08 bits per heavy atom. The minimum atomic E-state index is -1.69. The number of hydrogen-bond acceptors (Lipinski definition) is 0. The Hall–Kier alpha value is 0.799. The van der Waals surface area contributed by atoms with Crippen LogP contribution in [0.15, 0.2) is 0 Å². The second-order valence-electron chi connectivity index (χ2n) is 4.72. The first-order chi connectivity index (χ1) is 5.49. The van der Waals surface area contributed by atoms with Gasteiger partial charge in [0.15, 0.2) is 0 Å². The van der Waals surface area contributed by atoms with Crippen molar-refractivity contribution in [1.82, 2.24) is 0 Å². The molecule has 0 rings (SSSR count). The molecule has 0 amide bonds. The summed E-state index contributed by atoms with van der Waals surface area (Å²) in [7, 11) is 0. The Morgan fingerprint density at radius 2 is 1.58 bits per heavy atom. The van der Waals surface area contributed by atoms with E-state index in [1.165, 1.54) is 12.8 Å². The molecular formula is C11H26Sn. The summed E-state index contributed by atoms with van der Waals surface area (Å²) in [5.74, 6) is 0. The van der Waals surface area contributed by atoms with Crippen LogP contribution in [-0.4, -0.2) is 18.4 Å². The minimum absolute atomic E-state index is 1.02. The molecule has 0 heterocycles. The van der Waals surface area contributed by atoms with Gasteiger partial charge in [0.2, 0.25) is 0 Å². The summed E-state index contributed by atoms with van der Waals surface area (Å²) in [5, 5.41) is 0. The summed E-state index contributed by atoms with van der Waals surface area (Å²) in [5.41, 5.74) is 0. The van der Waals surface area contributed by atoms with Gasteiger partial charge in [-0.3, -0.25) is 0 Å². The summed E-state index contributed by atoms with van der Waals surface area (Å²) in [6, 6.07) is 0. The van der Waals surface area contributed by atoms with Crippen LogP contribution >= 0.6 is 0 Å². The summed E-state index contributed by atoms with van der Waals surface area (Å²) in [6.45, 7) is 12.1. The van der Waals surface area contributed by atoms with Crippen molar-refractivity contribution < 1.29 is 0 Å². The van der Waals surface area contributed by atoms with E-state index >= 15 is 0 Å². The molecule has 0 aromatic heterocycles. The first-order valence-electron chi connectivity index (χ1n) is 5.49. The molecular weight excluding hydrogens is 251 g/mol. The van der Waals surface area contributed by atoms with Gasteiger partial charge < -0.3 is 0 Å². The SMILES string of the molecule is CC[CH2][Sn]([CH3])([CH](C)C)[CH](C)CC. The predicted molar refractivity (Wildman–Crippen MR) is 61.5 cm³/mol. The fourth-order valence-corrected chi connectivity index (χ4v) is 14.1. The Bertz CT molecular complexity index is 120. The fourth-order valence-electron chi connectivity index (χ4n) is 2.11. The first-order valence-corrected chi connectivity index (χ1v) is 13.7. The van der Waals surface area contributed by atoms with Crippen molar-refractivity contribution >= 4 is 18.4 Å². The van der Waals surface area contributed by atoms with E-state index in [-0.39, 0.29) is 0 Å². The molecule has 0 saturated heterocycles. The van der Waals surface area contributed by atoms with Gasteiger partial charge in [-0.1, -0.05) is 0 Å². The summed E-state index contributed by atoms with van der Waals surface area (Å²) >= 11 is -1.69. The average molecular weight is 277 g/mol. The molecule has 0 aliphatic rings. The third-order valence-electron chi connectivity index (χ3n) is 3.85. The van der Waals surface area contributed by atoms with Crippen LogP contribution in [0.4, 0.5) is 0 Å². The zero-order valence-corrected chi connectivity index (χ0v) is 12.6. The van der Waals surface area contributed by atoms with E-state index in [4.69, 9.17) is 0 Å². The van der Waals surface area contributed by atoms with Crippen molar-refractivity contribution in [3.8, 4) is 0 Å². The van der Waals surface area contributed by atoms with Crippen molar-refractivity contribution in [1.29, 1.82) is 0 Å². The van der Waals surface area contributed by atoms with E-state index in [1.54, 1.807) is 4.44 Å². The Kier molecular flexibility index (Phi) is 5.88. The molecule has 2 unspecified atom stereocenters. The first kappa shape index (κ1) is 12.8. The third kappa shape index (κ3) is 2.93. The van der Waals surface area contributed by atoms with Gasteiger partial charge in [0.1, 0.15) is 0 Å². The fraction of sp³-hybridized carbons (Fsp3) is 1.00. The van der Waals surface area contributed by atoms with Crippen LogP contribution < -0.4 is 0 Å². The number of hydrogen-bond donors (Lipinski definition) is 0. The molecule has 0 N–H and O–H groups in total. The van der Waals surface area contributed by atoms with Crippen molar-refractivity contribution in [2.75, 3.05) is 0 Å². The van der Waals surface area contributed by atoms with E-state index < -0.39 is 18.4 Å². The molecule has 1 heteroatoms. The zero-order chi connectivity index (χ0) is 9.78. The zero-order valence-electron chi connectivity index (χ0n) is 9.78. The molecule has 0 bridgehead atoms. The summed E-state index contributed by atoms with van der Waals surface area (Å²) < 4.78 is 3.68. The molecule has 0 nitrogen and oxygen atoms in total. The van der Waals surface area contributed by atoms with E-state index in [0.29, 0.717) is 0 Å². The van der Waals surface area contributed by atoms with Crippen LogP contribution in [0, 0.1) is 0 Å². The van der Waals surface area contributed by atoms with Gasteiger partial charge in [0, 0.05) is 0 Å². The maximum atomic E-state index is 2.66. The van der Waals surface area contributed by atoms with E-state index in [1.807, 2.05) is 0 Å². The molecule has 0 aromatic rings. The second kappa shape index (κ2) is 5.51. The average Bonchev–Trinajstić information content (AvgIpc) is 2.03. The van der Waals surface area contributed by atoms with Crippen LogP contribution in [0.5, 0.6) is 0 Å². The molecule has 0 aliphatic carbocycles. The van der Waals surface area contributed by atoms with Gasteiger partial charge in [-0.2, -0.15) is 0 Å². The summed E-state index contributed by atoms with van der Waals surface area (Å²) in [4.78, 5) is 2.66. The molecule has 0 radical (unpaired) electrons. The third-order valence-corrected chi connectivity index (χ3v) is 23.5. The van der Waals surface area contributed by atoms with Gasteiger partial charge in [0.05, 0.1) is 0 Å². The van der Waals surface area contributed by atoms with Crippen molar-refractivity contribution in [3.63, 3.8) is 0 Å². The van der Waals surface area contributed by atoms with E-state index in [9.17, 15) is 0 Å². The molecule has 74 valence electrons. The van der Waals surface area contributed by atoms with Crippen LogP contribution in [0.2, 0.25) is 17.2 Å². The molecule has 0 spiro atoms. The monoisotopic (exact) mass is 278 g/mol. The van der Waals surface area contributed by atoms with Crippen LogP contribution in [0.25, 0.3) is 0 Å². The van der Waals surface area contributed by atoms with Gasteiger partial charge in [0.25, 0.3) is 0 Å². The van der Waals surface area contributed by atoms with Crippen LogP contribution in [0.3, 0.4) is 0 Å². The Balaban J connectivity index is 4.37. The Morgan fingerprint density at radius 3 is 1.83 bits per heavy atom. The Labute approximate surface area is 83.0 Å². The molecule has 0 fully saturated rings. The molecule has 0 aliphatic heterocycles. The molecule has 2 atom stereocenters. The standard InChI is InChI=1S/C4H9.2C3H7.CH3.Sn/c1-3-4-2;2*1-3-2;;/h3H,4H2,1-2H3;3H,1-2H3;1,3H2,2H3;1H3;. The van der Waals surface area contributed by atoms with Crippen LogP contribution in [0.1, 0.15) is 47.5 Å². The quantitative estimate of drug-likeness (QED) is 0.640. The number of rotatable bonds is 5. The van der Waals surface area contributed by atoms with E-state index in [2.05, 4.69) is 39.6 Å². The van der Waals surface area contributed by atoms with Crippen molar-refractivity contribution in [2.45, 2.75) is 64.7 Å². The van der Waals surface area contributed by atoms with Gasteiger partial charge in [-0.05, 0) is 0 Å². The van der Waals surface area contributed by atoms with Gasteiger partial charge >= 0.3 is 83.1 Å².